The predicted octanol–water partition coefficient (Wildman–Crippen LogP) is 2.36. The van der Waals surface area contributed by atoms with Crippen LogP contribution in [-0.2, 0) is 14.8 Å². The van der Waals surface area contributed by atoms with E-state index in [1.807, 2.05) is 6.07 Å². The standard InChI is InChI=1S/C19H25N3O3S/c20-15-17-8-4-5-9-18(17)26(24,25)22-12-10-21(11-13-22)19(23)14-16-6-2-1-3-7-16/h4-5,8-9,16H,1-3,6-7,10-14H2. The van der Waals surface area contributed by atoms with E-state index >= 15 is 0 Å². The zero-order valence-corrected chi connectivity index (χ0v) is 15.7. The second-order valence-electron chi connectivity index (χ2n) is 7.10. The number of nitriles is 1. The maximum Gasteiger partial charge on any atom is 0.244 e. The number of nitrogens with zero attached hydrogens (tertiary/aromatic N) is 3. The number of carbonyl (C=O) groups is 1. The van der Waals surface area contributed by atoms with Crippen LogP contribution in [0.5, 0.6) is 0 Å². The Morgan fingerprint density at radius 2 is 1.73 bits per heavy atom. The Hall–Kier alpha value is -1.91. The van der Waals surface area contributed by atoms with Crippen molar-refractivity contribution >= 4 is 15.9 Å². The fourth-order valence-electron chi connectivity index (χ4n) is 3.87. The fraction of sp³-hybridized carbons (Fsp3) is 0.579. The lowest BCUT2D eigenvalue weighted by molar-refractivity contribution is -0.133. The number of rotatable bonds is 4. The molecule has 1 saturated carbocycles. The smallest absolute Gasteiger partial charge is 0.244 e. The highest BCUT2D eigenvalue weighted by atomic mass is 32.2. The minimum Gasteiger partial charge on any atom is -0.340 e. The van der Waals surface area contributed by atoms with Gasteiger partial charge in [0, 0.05) is 32.6 Å². The second-order valence-corrected chi connectivity index (χ2v) is 9.01. The summed E-state index contributed by atoms with van der Waals surface area (Å²) in [6, 6.07) is 8.20. The van der Waals surface area contributed by atoms with Crippen LogP contribution in [0.25, 0.3) is 0 Å². The van der Waals surface area contributed by atoms with Crippen molar-refractivity contribution < 1.29 is 13.2 Å². The van der Waals surface area contributed by atoms with Gasteiger partial charge in [-0.25, -0.2) is 8.42 Å². The minimum atomic E-state index is -3.71. The summed E-state index contributed by atoms with van der Waals surface area (Å²) in [5, 5.41) is 9.16. The number of benzene rings is 1. The van der Waals surface area contributed by atoms with Gasteiger partial charge >= 0.3 is 0 Å². The molecule has 1 aromatic rings. The lowest BCUT2D eigenvalue weighted by atomic mass is 9.86. The highest BCUT2D eigenvalue weighted by molar-refractivity contribution is 7.89. The third-order valence-corrected chi connectivity index (χ3v) is 7.36. The largest absolute Gasteiger partial charge is 0.340 e. The summed E-state index contributed by atoms with van der Waals surface area (Å²) in [4.78, 5) is 14.3. The van der Waals surface area contributed by atoms with E-state index in [4.69, 9.17) is 5.26 Å². The van der Waals surface area contributed by atoms with Crippen LogP contribution in [-0.4, -0.2) is 49.7 Å². The minimum absolute atomic E-state index is 0.0458. The van der Waals surface area contributed by atoms with Crippen molar-refractivity contribution in [1.82, 2.24) is 9.21 Å². The van der Waals surface area contributed by atoms with Crippen molar-refractivity contribution in [1.29, 1.82) is 5.26 Å². The molecule has 0 atom stereocenters. The summed E-state index contributed by atoms with van der Waals surface area (Å²) in [7, 11) is -3.71. The maximum atomic E-state index is 12.8. The molecule has 0 radical (unpaired) electrons. The van der Waals surface area contributed by atoms with Gasteiger partial charge < -0.3 is 4.90 Å². The van der Waals surface area contributed by atoms with Gasteiger partial charge in [0.2, 0.25) is 15.9 Å². The van der Waals surface area contributed by atoms with E-state index in [1.54, 1.807) is 17.0 Å². The van der Waals surface area contributed by atoms with Gasteiger partial charge in [0.15, 0.2) is 0 Å². The first-order chi connectivity index (χ1) is 12.5. The lowest BCUT2D eigenvalue weighted by Gasteiger charge is -2.35. The topological polar surface area (TPSA) is 81.5 Å². The van der Waals surface area contributed by atoms with Crippen molar-refractivity contribution in [3.63, 3.8) is 0 Å². The number of carbonyl (C=O) groups excluding carboxylic acids is 1. The number of hydrogen-bond donors (Lipinski definition) is 0. The van der Waals surface area contributed by atoms with Gasteiger partial charge in [-0.15, -0.1) is 0 Å². The van der Waals surface area contributed by atoms with E-state index in [0.717, 1.165) is 12.8 Å². The zero-order chi connectivity index (χ0) is 18.6. The average molecular weight is 375 g/mol. The van der Waals surface area contributed by atoms with Crippen molar-refractivity contribution in [2.75, 3.05) is 26.2 Å². The summed E-state index contributed by atoms with van der Waals surface area (Å²) in [5.74, 6) is 0.631. The van der Waals surface area contributed by atoms with Crippen molar-refractivity contribution in [2.24, 2.45) is 5.92 Å². The molecule has 0 bridgehead atoms. The first-order valence-electron chi connectivity index (χ1n) is 9.29. The molecule has 2 aliphatic rings. The number of amides is 1. The molecule has 1 aliphatic heterocycles. The Labute approximate surface area is 155 Å². The molecule has 1 aliphatic carbocycles. The maximum absolute atomic E-state index is 12.8. The molecular formula is C19H25N3O3S. The van der Waals surface area contributed by atoms with Crippen molar-refractivity contribution in [2.45, 2.75) is 43.4 Å². The van der Waals surface area contributed by atoms with Crippen LogP contribution in [0.1, 0.15) is 44.1 Å². The van der Waals surface area contributed by atoms with Gasteiger partial charge in [-0.1, -0.05) is 31.4 Å². The Balaban J connectivity index is 1.61. The van der Waals surface area contributed by atoms with Gasteiger partial charge in [-0.2, -0.15) is 9.57 Å². The molecule has 26 heavy (non-hydrogen) atoms. The third-order valence-electron chi connectivity index (χ3n) is 5.40. The van der Waals surface area contributed by atoms with E-state index in [9.17, 15) is 13.2 Å². The molecule has 2 fully saturated rings. The van der Waals surface area contributed by atoms with Crippen molar-refractivity contribution in [3.8, 4) is 6.07 Å². The molecule has 140 valence electrons. The number of hydrogen-bond acceptors (Lipinski definition) is 4. The Morgan fingerprint density at radius 3 is 2.38 bits per heavy atom. The molecular weight excluding hydrogens is 350 g/mol. The van der Waals surface area contributed by atoms with Crippen LogP contribution >= 0.6 is 0 Å². The predicted molar refractivity (Wildman–Crippen MR) is 97.7 cm³/mol. The van der Waals surface area contributed by atoms with Crippen LogP contribution in [0.2, 0.25) is 0 Å². The molecule has 1 amide bonds. The van der Waals surface area contributed by atoms with E-state index < -0.39 is 10.0 Å². The zero-order valence-electron chi connectivity index (χ0n) is 14.9. The first-order valence-corrected chi connectivity index (χ1v) is 10.7. The molecule has 0 unspecified atom stereocenters. The van der Waals surface area contributed by atoms with Crippen LogP contribution in [0.4, 0.5) is 0 Å². The summed E-state index contributed by atoms with van der Waals surface area (Å²) < 4.78 is 27.0. The van der Waals surface area contributed by atoms with Gasteiger partial charge in [0.05, 0.1) is 10.5 Å². The highest BCUT2D eigenvalue weighted by Crippen LogP contribution is 2.27. The molecule has 1 saturated heterocycles. The normalized spacial score (nSPS) is 19.9. The molecule has 0 N–H and O–H groups in total. The van der Waals surface area contributed by atoms with E-state index in [2.05, 4.69) is 0 Å². The lowest BCUT2D eigenvalue weighted by Crippen LogP contribution is -2.50. The number of piperazine rings is 1. The molecule has 7 heteroatoms. The monoisotopic (exact) mass is 375 g/mol. The molecule has 3 rings (SSSR count). The van der Waals surface area contributed by atoms with Crippen LogP contribution in [0.15, 0.2) is 29.2 Å². The molecule has 0 spiro atoms. The van der Waals surface area contributed by atoms with Gasteiger partial charge in [0.25, 0.3) is 0 Å². The third kappa shape index (κ3) is 4.08. The summed E-state index contributed by atoms with van der Waals surface area (Å²) in [6.07, 6.45) is 6.54. The van der Waals surface area contributed by atoms with E-state index in [-0.39, 0.29) is 29.5 Å². The average Bonchev–Trinajstić information content (AvgIpc) is 2.68. The molecule has 1 aromatic carbocycles. The Morgan fingerprint density at radius 1 is 1.08 bits per heavy atom. The summed E-state index contributed by atoms with van der Waals surface area (Å²) >= 11 is 0. The van der Waals surface area contributed by atoms with E-state index in [0.29, 0.717) is 25.4 Å². The SMILES string of the molecule is N#Cc1ccccc1S(=O)(=O)N1CCN(C(=O)CC2CCCCC2)CC1. The quantitative estimate of drug-likeness (QED) is 0.809. The van der Waals surface area contributed by atoms with Crippen LogP contribution in [0, 0.1) is 17.2 Å². The molecule has 1 heterocycles. The molecule has 0 aromatic heterocycles. The fourth-order valence-corrected chi connectivity index (χ4v) is 5.43. The summed E-state index contributed by atoms with van der Waals surface area (Å²) in [5.41, 5.74) is 0.156. The first kappa shape index (κ1) is 18.9. The van der Waals surface area contributed by atoms with Crippen LogP contribution < -0.4 is 0 Å². The van der Waals surface area contributed by atoms with Crippen molar-refractivity contribution in [3.05, 3.63) is 29.8 Å². The van der Waals surface area contributed by atoms with Gasteiger partial charge in [-0.3, -0.25) is 4.79 Å². The van der Waals surface area contributed by atoms with E-state index in [1.165, 1.54) is 35.7 Å². The van der Waals surface area contributed by atoms with Crippen LogP contribution in [0.3, 0.4) is 0 Å². The Kier molecular flexibility index (Phi) is 5.94. The van der Waals surface area contributed by atoms with Gasteiger partial charge in [-0.05, 0) is 30.9 Å². The summed E-state index contributed by atoms with van der Waals surface area (Å²) in [6.45, 7) is 1.38. The second kappa shape index (κ2) is 8.19. The molecule has 6 nitrogen and oxygen atoms in total. The number of sulfonamides is 1. The van der Waals surface area contributed by atoms with Gasteiger partial charge in [0.1, 0.15) is 6.07 Å². The Bertz CT molecular complexity index is 786. The highest BCUT2D eigenvalue weighted by Gasteiger charge is 2.32.